The predicted molar refractivity (Wildman–Crippen MR) is 203 cm³/mol. The number of fused-ring (bicyclic) bond motifs is 1. The molecule has 51 heavy (non-hydrogen) atoms. The summed E-state index contributed by atoms with van der Waals surface area (Å²) >= 11 is 1.76. The van der Waals surface area contributed by atoms with Crippen molar-refractivity contribution >= 4 is 31.7 Å². The van der Waals surface area contributed by atoms with Crippen molar-refractivity contribution < 1.29 is 43.3 Å². The molecule has 1 aromatic rings. The third-order valence-corrected chi connectivity index (χ3v) is 11.5. The number of nitrogens with zero attached hydrogens (tertiary/aromatic N) is 3. The molecule has 1 saturated heterocycles. The third-order valence-electron chi connectivity index (χ3n) is 9.40. The average Bonchev–Trinajstić information content (AvgIpc) is 3.66. The molecule has 296 valence electrons. The summed E-state index contributed by atoms with van der Waals surface area (Å²) in [7, 11) is -4.74. The van der Waals surface area contributed by atoms with E-state index >= 15 is 0 Å². The Morgan fingerprint density at radius 1 is 0.961 bits per heavy atom. The maximum Gasteiger partial charge on any atom is 0.474 e. The van der Waals surface area contributed by atoms with Gasteiger partial charge in [-0.3, -0.25) is 18.6 Å². The number of aliphatic imine (C=N–C) groups is 1. The molecule has 5 N–H and O–H groups in total. The molecule has 0 radical (unpaired) electrons. The second-order valence-electron chi connectivity index (χ2n) is 13.9. The molecule has 3 rings (SSSR count). The minimum atomic E-state index is -4.74. The second kappa shape index (κ2) is 25.9. The van der Waals surface area contributed by atoms with Gasteiger partial charge in [0.25, 0.3) is 0 Å². The van der Waals surface area contributed by atoms with Crippen LogP contribution in [0.3, 0.4) is 0 Å². The lowest BCUT2D eigenvalue weighted by molar-refractivity contribution is -0.163. The number of aliphatic hydroxyl groups excluding tert-OH is 3. The summed E-state index contributed by atoms with van der Waals surface area (Å²) in [4.78, 5) is 18.8. The number of anilines is 1. The normalized spacial score (nSPS) is 22.7. The van der Waals surface area contributed by atoms with Crippen molar-refractivity contribution in [1.82, 2.24) is 9.55 Å². The van der Waals surface area contributed by atoms with E-state index in [1.54, 1.807) is 16.3 Å². The summed E-state index contributed by atoms with van der Waals surface area (Å²) < 4.78 is 36.9. The molecule has 0 spiro atoms. The van der Waals surface area contributed by atoms with Crippen LogP contribution in [0.5, 0.6) is 0 Å². The first kappa shape index (κ1) is 44.3. The highest BCUT2D eigenvalue weighted by Crippen LogP contribution is 2.47. The number of hydrogen-bond acceptors (Lipinski definition) is 12. The van der Waals surface area contributed by atoms with Gasteiger partial charge >= 0.3 is 7.82 Å². The fourth-order valence-electron chi connectivity index (χ4n) is 6.38. The van der Waals surface area contributed by atoms with Gasteiger partial charge in [0, 0.05) is 18.8 Å². The zero-order valence-corrected chi connectivity index (χ0v) is 32.8. The van der Waals surface area contributed by atoms with Crippen LogP contribution in [0.15, 0.2) is 11.3 Å². The van der Waals surface area contributed by atoms with Gasteiger partial charge < -0.3 is 35.0 Å². The number of thioether (sulfide) groups is 1. The van der Waals surface area contributed by atoms with E-state index in [9.17, 15) is 24.8 Å². The van der Waals surface area contributed by atoms with Crippen molar-refractivity contribution in [3.63, 3.8) is 0 Å². The van der Waals surface area contributed by atoms with Crippen LogP contribution in [0.1, 0.15) is 154 Å². The number of unbranched alkanes of at least 4 members (excludes halogenated alkanes) is 16. The van der Waals surface area contributed by atoms with E-state index in [-0.39, 0.29) is 19.6 Å². The van der Waals surface area contributed by atoms with E-state index in [1.807, 2.05) is 0 Å². The van der Waals surface area contributed by atoms with Gasteiger partial charge in [0.2, 0.25) is 0 Å². The Hall–Kier alpha value is -1.06. The predicted octanol–water partition coefficient (Wildman–Crippen LogP) is 7.65. The number of nitrogens with one attached hydrogen (secondary N) is 1. The molecule has 2 aliphatic heterocycles. The Labute approximate surface area is 310 Å². The lowest BCUT2D eigenvalue weighted by atomic mass is 10.1. The summed E-state index contributed by atoms with van der Waals surface area (Å²) in [5.41, 5.74) is 0.375. The lowest BCUT2D eigenvalue weighted by Gasteiger charge is -2.24. The van der Waals surface area contributed by atoms with E-state index in [0.29, 0.717) is 23.9 Å². The molecule has 0 bridgehead atoms. The Bertz CT molecular complexity index is 1130. The van der Waals surface area contributed by atoms with Crippen LogP contribution in [-0.4, -0.2) is 92.0 Å². The summed E-state index contributed by atoms with van der Waals surface area (Å²) in [6.45, 7) is 4.99. The number of imidazole rings is 1. The van der Waals surface area contributed by atoms with Crippen LogP contribution < -0.4 is 5.32 Å². The smallest absolute Gasteiger partial charge is 0.390 e. The number of phosphoric ester groups is 1. The molecule has 0 saturated carbocycles. The standard InChI is InChI=1S/C36H67N4O9PS/c1-3-5-7-9-11-13-14-16-18-20-22-51-26-29(46-21-19-17-15-12-10-8-6-4-2)25-47-50(44,45)49-36(43)34-30(41)23-32(48-34)40-28-39-33-31(42)24-37-27-38-35(33)40/h27-32,34,36,41-43H,3-26H2,1-2H3,(H,37,38)(H,44,45)/t29?,30-,31?,32-,34-,36?/m0/s1. The Kier molecular flexibility index (Phi) is 22.5. The molecule has 0 amide bonds. The zero-order chi connectivity index (χ0) is 36.7. The largest absolute Gasteiger partial charge is 0.474 e. The molecular formula is C36H67N4O9PS. The van der Waals surface area contributed by atoms with Crippen molar-refractivity contribution in [3.8, 4) is 0 Å². The van der Waals surface area contributed by atoms with Gasteiger partial charge in [-0.15, -0.1) is 0 Å². The van der Waals surface area contributed by atoms with Gasteiger partial charge in [-0.25, -0.2) is 9.55 Å². The summed E-state index contributed by atoms with van der Waals surface area (Å²) in [5.74, 6) is 2.04. The minimum absolute atomic E-state index is 0.0459. The van der Waals surface area contributed by atoms with Crippen molar-refractivity contribution in [2.24, 2.45) is 4.99 Å². The van der Waals surface area contributed by atoms with Crippen LogP contribution in [0.2, 0.25) is 0 Å². The number of hydrogen-bond donors (Lipinski definition) is 5. The number of aromatic nitrogens is 2. The molecular weight excluding hydrogens is 695 g/mol. The van der Waals surface area contributed by atoms with Gasteiger partial charge in [-0.05, 0) is 18.6 Å². The lowest BCUT2D eigenvalue weighted by Crippen LogP contribution is -2.36. The van der Waals surface area contributed by atoms with E-state index in [2.05, 4.69) is 29.1 Å². The molecule has 2 aliphatic rings. The van der Waals surface area contributed by atoms with Crippen LogP contribution in [0.4, 0.5) is 5.82 Å². The van der Waals surface area contributed by atoms with Gasteiger partial charge in [0.1, 0.15) is 29.9 Å². The fourth-order valence-corrected chi connectivity index (χ4v) is 8.22. The zero-order valence-electron chi connectivity index (χ0n) is 31.1. The Morgan fingerprint density at radius 2 is 1.57 bits per heavy atom. The van der Waals surface area contributed by atoms with Crippen LogP contribution >= 0.6 is 19.6 Å². The molecule has 3 heterocycles. The first-order valence-electron chi connectivity index (χ1n) is 19.6. The monoisotopic (exact) mass is 762 g/mol. The Balaban J connectivity index is 1.42. The molecule has 4 unspecified atom stereocenters. The molecule has 13 nitrogen and oxygen atoms in total. The van der Waals surface area contributed by atoms with Crippen LogP contribution in [0, 0.1) is 0 Å². The summed E-state index contributed by atoms with van der Waals surface area (Å²) in [6.07, 6.45) is 18.7. The van der Waals surface area contributed by atoms with Crippen LogP contribution in [0.25, 0.3) is 0 Å². The molecule has 15 heteroatoms. The highest BCUT2D eigenvalue weighted by Gasteiger charge is 2.44. The van der Waals surface area contributed by atoms with Gasteiger partial charge in [-0.2, -0.15) is 11.8 Å². The summed E-state index contributed by atoms with van der Waals surface area (Å²) in [5, 5.41) is 34.6. The van der Waals surface area contributed by atoms with E-state index in [0.717, 1.165) is 25.0 Å². The number of ether oxygens (including phenoxy) is 2. The second-order valence-corrected chi connectivity index (χ2v) is 16.4. The van der Waals surface area contributed by atoms with E-state index < -0.39 is 44.8 Å². The molecule has 1 aromatic heterocycles. The van der Waals surface area contributed by atoms with Gasteiger partial charge in [0.05, 0.1) is 38.0 Å². The maximum absolute atomic E-state index is 13.0. The number of aliphatic hydroxyl groups is 3. The van der Waals surface area contributed by atoms with Gasteiger partial charge in [0.15, 0.2) is 6.29 Å². The SMILES string of the molecule is CCCCCCCCCCCCSCC(COP(=O)(O)OC(O)[C@H]1O[C@H](n2cnc3c2NC=NCC3O)C[C@@H]1O)OCCCCCCCCCC. The highest BCUT2D eigenvalue weighted by molar-refractivity contribution is 7.99. The highest BCUT2D eigenvalue weighted by atomic mass is 32.2. The topological polar surface area (TPSA) is 177 Å². The average molecular weight is 763 g/mol. The van der Waals surface area contributed by atoms with Crippen molar-refractivity contribution in [2.45, 2.75) is 173 Å². The van der Waals surface area contributed by atoms with Crippen molar-refractivity contribution in [3.05, 3.63) is 12.0 Å². The van der Waals surface area contributed by atoms with Crippen molar-refractivity contribution in [2.75, 3.05) is 36.6 Å². The third kappa shape index (κ3) is 17.3. The Morgan fingerprint density at radius 3 is 2.22 bits per heavy atom. The first-order valence-corrected chi connectivity index (χ1v) is 22.3. The van der Waals surface area contributed by atoms with Gasteiger partial charge in [-0.1, -0.05) is 117 Å². The van der Waals surface area contributed by atoms with Crippen LogP contribution in [-0.2, 0) is 23.1 Å². The van der Waals surface area contributed by atoms with E-state index in [4.69, 9.17) is 18.5 Å². The molecule has 1 fully saturated rings. The van der Waals surface area contributed by atoms with Crippen molar-refractivity contribution in [1.29, 1.82) is 0 Å². The number of rotatable bonds is 30. The summed E-state index contributed by atoms with van der Waals surface area (Å²) in [6, 6.07) is 0. The maximum atomic E-state index is 13.0. The van der Waals surface area contributed by atoms with E-state index in [1.165, 1.54) is 109 Å². The number of phosphoric acid groups is 1. The first-order chi connectivity index (χ1) is 24.8. The molecule has 7 atom stereocenters. The fraction of sp³-hybridized carbons (Fsp3) is 0.889. The molecule has 0 aliphatic carbocycles. The quantitative estimate of drug-likeness (QED) is 0.0294. The minimum Gasteiger partial charge on any atom is -0.390 e. The molecule has 0 aromatic carbocycles.